The van der Waals surface area contributed by atoms with E-state index in [-0.39, 0.29) is 28.9 Å². The van der Waals surface area contributed by atoms with E-state index in [1.807, 2.05) is 0 Å². The van der Waals surface area contributed by atoms with Crippen LogP contribution in [-0.4, -0.2) is 31.7 Å². The van der Waals surface area contributed by atoms with Crippen molar-refractivity contribution in [2.75, 3.05) is 13.7 Å². The number of ether oxygens (including phenoxy) is 1. The highest BCUT2D eigenvalue weighted by Gasteiger charge is 2.49. The third kappa shape index (κ3) is 2.28. The predicted molar refractivity (Wildman–Crippen MR) is 71.1 cm³/mol. The van der Waals surface area contributed by atoms with Crippen LogP contribution < -0.4 is 11.1 Å². The summed E-state index contributed by atoms with van der Waals surface area (Å²) in [6.45, 7) is 4.94. The first-order valence-corrected chi connectivity index (χ1v) is 6.96. The normalized spacial score (nSPS) is 32.2. The van der Waals surface area contributed by atoms with Gasteiger partial charge in [-0.15, -0.1) is 0 Å². The van der Waals surface area contributed by atoms with E-state index < -0.39 is 0 Å². The van der Waals surface area contributed by atoms with E-state index in [1.165, 1.54) is 6.42 Å². The molecule has 1 amide bonds. The molecule has 2 rings (SSSR count). The van der Waals surface area contributed by atoms with E-state index >= 15 is 0 Å². The van der Waals surface area contributed by atoms with Gasteiger partial charge in [-0.2, -0.15) is 0 Å². The van der Waals surface area contributed by atoms with Gasteiger partial charge in [0.1, 0.15) is 0 Å². The van der Waals surface area contributed by atoms with Crippen LogP contribution in [-0.2, 0) is 9.53 Å². The summed E-state index contributed by atoms with van der Waals surface area (Å²) in [6, 6.07) is 0.241. The summed E-state index contributed by atoms with van der Waals surface area (Å²) in [5.74, 6) is 0.160. The van der Waals surface area contributed by atoms with Crippen LogP contribution in [0.3, 0.4) is 0 Å². The van der Waals surface area contributed by atoms with Crippen molar-refractivity contribution in [3.63, 3.8) is 0 Å². The molecule has 2 fully saturated rings. The fourth-order valence-electron chi connectivity index (χ4n) is 3.25. The van der Waals surface area contributed by atoms with Crippen molar-refractivity contribution >= 4 is 5.91 Å². The summed E-state index contributed by atoms with van der Waals surface area (Å²) in [4.78, 5) is 12.1. The largest absolute Gasteiger partial charge is 0.381 e. The highest BCUT2D eigenvalue weighted by atomic mass is 16.5. The molecule has 0 aromatic carbocycles. The maximum absolute atomic E-state index is 12.1. The summed E-state index contributed by atoms with van der Waals surface area (Å²) < 4.78 is 5.40. The molecule has 2 saturated carbocycles. The second-order valence-corrected chi connectivity index (χ2v) is 6.64. The van der Waals surface area contributed by atoms with Crippen LogP contribution >= 0.6 is 0 Å². The Hall–Kier alpha value is -0.610. The number of hydrogen-bond donors (Lipinski definition) is 2. The minimum absolute atomic E-state index is 0.0416. The molecule has 2 unspecified atom stereocenters. The second kappa shape index (κ2) is 4.82. The van der Waals surface area contributed by atoms with E-state index in [2.05, 4.69) is 19.2 Å². The molecule has 3 N–H and O–H groups in total. The average molecular weight is 254 g/mol. The van der Waals surface area contributed by atoms with Crippen LogP contribution in [0.2, 0.25) is 0 Å². The van der Waals surface area contributed by atoms with Crippen LogP contribution in [0.4, 0.5) is 0 Å². The number of nitrogens with one attached hydrogen (secondary N) is 1. The lowest BCUT2D eigenvalue weighted by molar-refractivity contribution is -0.135. The SMILES string of the molecule is COC1CC(NC(=O)CC2(CN)CCC2)C1(C)C. The van der Waals surface area contributed by atoms with Gasteiger partial charge in [-0.1, -0.05) is 20.3 Å². The molecular weight excluding hydrogens is 228 g/mol. The van der Waals surface area contributed by atoms with Gasteiger partial charge in [0.25, 0.3) is 0 Å². The van der Waals surface area contributed by atoms with E-state index in [0.29, 0.717) is 13.0 Å². The van der Waals surface area contributed by atoms with Crippen molar-refractivity contribution in [3.8, 4) is 0 Å². The Morgan fingerprint density at radius 2 is 2.11 bits per heavy atom. The van der Waals surface area contributed by atoms with Gasteiger partial charge in [0.15, 0.2) is 0 Å². The van der Waals surface area contributed by atoms with Gasteiger partial charge in [0, 0.05) is 25.0 Å². The number of methoxy groups -OCH3 is 1. The van der Waals surface area contributed by atoms with Crippen LogP contribution in [0.5, 0.6) is 0 Å². The molecule has 2 aliphatic rings. The molecule has 18 heavy (non-hydrogen) atoms. The Balaban J connectivity index is 1.82. The lowest BCUT2D eigenvalue weighted by Crippen LogP contribution is -2.62. The van der Waals surface area contributed by atoms with Crippen LogP contribution in [0.15, 0.2) is 0 Å². The number of rotatable bonds is 5. The van der Waals surface area contributed by atoms with Crippen molar-refractivity contribution in [2.45, 2.75) is 58.1 Å². The number of carbonyl (C=O) groups is 1. The minimum atomic E-state index is 0.0416. The Kier molecular flexibility index (Phi) is 3.70. The third-order valence-corrected chi connectivity index (χ3v) is 5.18. The molecular formula is C14H26N2O2. The number of hydrogen-bond acceptors (Lipinski definition) is 3. The van der Waals surface area contributed by atoms with Crippen LogP contribution in [0.1, 0.15) is 46.0 Å². The molecule has 0 bridgehead atoms. The lowest BCUT2D eigenvalue weighted by Gasteiger charge is -2.51. The monoisotopic (exact) mass is 254 g/mol. The summed E-state index contributed by atoms with van der Waals surface area (Å²) in [7, 11) is 1.74. The predicted octanol–water partition coefficient (Wildman–Crippen LogP) is 1.44. The van der Waals surface area contributed by atoms with E-state index in [1.54, 1.807) is 7.11 Å². The fraction of sp³-hybridized carbons (Fsp3) is 0.929. The number of nitrogens with two attached hydrogens (primary N) is 1. The van der Waals surface area contributed by atoms with Crippen LogP contribution in [0.25, 0.3) is 0 Å². The first kappa shape index (κ1) is 13.8. The van der Waals surface area contributed by atoms with Gasteiger partial charge >= 0.3 is 0 Å². The van der Waals surface area contributed by atoms with E-state index in [9.17, 15) is 4.79 Å². The van der Waals surface area contributed by atoms with Crippen molar-refractivity contribution in [1.82, 2.24) is 5.32 Å². The topological polar surface area (TPSA) is 64.3 Å². The van der Waals surface area contributed by atoms with Gasteiger partial charge in [-0.25, -0.2) is 0 Å². The van der Waals surface area contributed by atoms with Crippen molar-refractivity contribution in [1.29, 1.82) is 0 Å². The molecule has 2 atom stereocenters. The summed E-state index contributed by atoms with van der Waals surface area (Å²) in [5.41, 5.74) is 5.93. The standard InChI is InChI=1S/C14H26N2O2/c1-13(2)10(7-11(13)18-3)16-12(17)8-14(9-15)5-4-6-14/h10-11H,4-9,15H2,1-3H3,(H,16,17). The van der Waals surface area contributed by atoms with E-state index in [4.69, 9.17) is 10.5 Å². The molecule has 0 aromatic rings. The average Bonchev–Trinajstić information content (AvgIpc) is 2.28. The Morgan fingerprint density at radius 1 is 1.44 bits per heavy atom. The molecule has 0 aliphatic heterocycles. The minimum Gasteiger partial charge on any atom is -0.381 e. The smallest absolute Gasteiger partial charge is 0.220 e. The van der Waals surface area contributed by atoms with Gasteiger partial charge in [-0.3, -0.25) is 4.79 Å². The maximum atomic E-state index is 12.1. The van der Waals surface area contributed by atoms with Crippen LogP contribution in [0, 0.1) is 10.8 Å². The van der Waals surface area contributed by atoms with Gasteiger partial charge in [-0.05, 0) is 31.2 Å². The van der Waals surface area contributed by atoms with Crippen molar-refractivity contribution < 1.29 is 9.53 Å². The van der Waals surface area contributed by atoms with Crippen molar-refractivity contribution in [3.05, 3.63) is 0 Å². The second-order valence-electron chi connectivity index (χ2n) is 6.64. The van der Waals surface area contributed by atoms with Gasteiger partial charge < -0.3 is 15.8 Å². The third-order valence-electron chi connectivity index (χ3n) is 5.18. The first-order valence-electron chi connectivity index (χ1n) is 6.96. The molecule has 4 heteroatoms. The highest BCUT2D eigenvalue weighted by Crippen LogP contribution is 2.44. The number of carbonyl (C=O) groups excluding carboxylic acids is 1. The zero-order valence-corrected chi connectivity index (χ0v) is 11.8. The first-order chi connectivity index (χ1) is 8.43. The zero-order valence-electron chi connectivity index (χ0n) is 11.8. The Bertz CT molecular complexity index is 318. The lowest BCUT2D eigenvalue weighted by atomic mass is 9.63. The Labute approximate surface area is 110 Å². The fourth-order valence-corrected chi connectivity index (χ4v) is 3.25. The Morgan fingerprint density at radius 3 is 2.50 bits per heavy atom. The van der Waals surface area contributed by atoms with Gasteiger partial charge in [0.05, 0.1) is 6.10 Å². The molecule has 0 saturated heterocycles. The van der Waals surface area contributed by atoms with Gasteiger partial charge in [0.2, 0.25) is 5.91 Å². The molecule has 2 aliphatic carbocycles. The van der Waals surface area contributed by atoms with Crippen molar-refractivity contribution in [2.24, 2.45) is 16.6 Å². The highest BCUT2D eigenvalue weighted by molar-refractivity contribution is 5.77. The molecule has 0 spiro atoms. The molecule has 0 radical (unpaired) electrons. The van der Waals surface area contributed by atoms with E-state index in [0.717, 1.165) is 19.3 Å². The number of amides is 1. The quantitative estimate of drug-likeness (QED) is 0.780. The summed E-state index contributed by atoms with van der Waals surface area (Å²) in [6.07, 6.45) is 5.19. The summed E-state index contributed by atoms with van der Waals surface area (Å²) in [5, 5.41) is 3.15. The molecule has 4 nitrogen and oxygen atoms in total. The molecule has 104 valence electrons. The molecule has 0 aromatic heterocycles. The zero-order chi connectivity index (χ0) is 13.4. The summed E-state index contributed by atoms with van der Waals surface area (Å²) >= 11 is 0. The molecule has 0 heterocycles. The maximum Gasteiger partial charge on any atom is 0.220 e.